The molecule has 1 spiro atoms. The summed E-state index contributed by atoms with van der Waals surface area (Å²) in [5.41, 5.74) is 19.0. The lowest BCUT2D eigenvalue weighted by molar-refractivity contribution is 0.436. The van der Waals surface area contributed by atoms with Crippen LogP contribution in [0.3, 0.4) is 0 Å². The van der Waals surface area contributed by atoms with Gasteiger partial charge in [-0.3, -0.25) is 4.99 Å². The Labute approximate surface area is 362 Å². The van der Waals surface area contributed by atoms with Gasteiger partial charge in [-0.2, -0.15) is 0 Å². The quantitative estimate of drug-likeness (QED) is 0.182. The number of nitrogens with one attached hydrogen (secondary N) is 1. The van der Waals surface area contributed by atoms with E-state index < -0.39 is 5.41 Å². The molecule has 9 aromatic carbocycles. The molecule has 0 amide bonds. The Morgan fingerprint density at radius 3 is 1.58 bits per heavy atom. The van der Waals surface area contributed by atoms with Crippen LogP contribution in [-0.2, 0) is 5.41 Å². The molecule has 1 unspecified atom stereocenters. The van der Waals surface area contributed by atoms with Crippen molar-refractivity contribution in [2.24, 2.45) is 4.99 Å². The van der Waals surface area contributed by atoms with Gasteiger partial charge in [0.1, 0.15) is 17.7 Å². The summed E-state index contributed by atoms with van der Waals surface area (Å²) in [5, 5.41) is 3.85. The van der Waals surface area contributed by atoms with Crippen LogP contribution in [-0.4, -0.2) is 5.71 Å². The first-order valence-corrected chi connectivity index (χ1v) is 21.3. The minimum atomic E-state index is -0.491. The third kappa shape index (κ3) is 5.85. The van der Waals surface area contributed by atoms with Crippen molar-refractivity contribution in [1.29, 1.82) is 0 Å². The molecule has 9 aromatic rings. The molecule has 12 rings (SSSR count). The topological polar surface area (TPSA) is 33.6 Å². The molecule has 2 aliphatic heterocycles. The van der Waals surface area contributed by atoms with Crippen molar-refractivity contribution in [3.63, 3.8) is 0 Å². The zero-order valence-electron chi connectivity index (χ0n) is 33.9. The fourth-order valence-electron chi connectivity index (χ4n) is 9.93. The molecule has 0 saturated heterocycles. The van der Waals surface area contributed by atoms with Gasteiger partial charge in [0.2, 0.25) is 0 Å². The predicted molar refractivity (Wildman–Crippen MR) is 253 cm³/mol. The molecular formula is C59H40N2O. The molecule has 3 aliphatic rings. The molecule has 1 N–H and O–H groups in total. The van der Waals surface area contributed by atoms with Crippen LogP contribution in [0.5, 0.6) is 11.5 Å². The van der Waals surface area contributed by atoms with Gasteiger partial charge in [-0.25, -0.2) is 0 Å². The van der Waals surface area contributed by atoms with Crippen LogP contribution in [0.4, 0.5) is 0 Å². The molecule has 0 fully saturated rings. The first-order valence-electron chi connectivity index (χ1n) is 21.3. The number of benzene rings is 9. The maximum atomic E-state index is 6.87. The second-order valence-corrected chi connectivity index (χ2v) is 16.3. The smallest absolute Gasteiger partial charge is 0.145 e. The summed E-state index contributed by atoms with van der Waals surface area (Å²) in [6, 6.07) is 80.4. The number of rotatable bonds is 6. The van der Waals surface area contributed by atoms with Crippen LogP contribution in [0.2, 0.25) is 0 Å². The Morgan fingerprint density at radius 1 is 0.371 bits per heavy atom. The lowest BCUT2D eigenvalue weighted by Crippen LogP contribution is -2.32. The molecule has 0 saturated carbocycles. The highest BCUT2D eigenvalue weighted by atomic mass is 16.5. The van der Waals surface area contributed by atoms with Crippen LogP contribution < -0.4 is 10.1 Å². The number of ether oxygens (including phenoxy) is 1. The lowest BCUT2D eigenvalue weighted by Gasteiger charge is -2.39. The molecule has 1 atom stereocenters. The number of para-hydroxylation sites is 1. The van der Waals surface area contributed by atoms with E-state index in [1.54, 1.807) is 0 Å². The first-order chi connectivity index (χ1) is 30.7. The highest BCUT2D eigenvalue weighted by molar-refractivity contribution is 6.13. The Bertz CT molecular complexity index is 3210. The van der Waals surface area contributed by atoms with Crippen molar-refractivity contribution in [3.05, 3.63) is 269 Å². The van der Waals surface area contributed by atoms with E-state index in [0.29, 0.717) is 0 Å². The number of fused-ring (bicyclic) bond motifs is 9. The highest BCUT2D eigenvalue weighted by Crippen LogP contribution is 2.62. The molecule has 0 bridgehead atoms. The second-order valence-electron chi connectivity index (χ2n) is 16.3. The van der Waals surface area contributed by atoms with Crippen molar-refractivity contribution in [2.75, 3.05) is 0 Å². The van der Waals surface area contributed by atoms with Crippen LogP contribution in [0.15, 0.2) is 236 Å². The summed E-state index contributed by atoms with van der Waals surface area (Å²) >= 11 is 0. The minimum Gasteiger partial charge on any atom is -0.457 e. The van der Waals surface area contributed by atoms with Gasteiger partial charge < -0.3 is 10.1 Å². The molecule has 62 heavy (non-hydrogen) atoms. The molecule has 3 heteroatoms. The lowest BCUT2D eigenvalue weighted by atomic mass is 9.66. The van der Waals surface area contributed by atoms with Crippen LogP contribution in [0.25, 0.3) is 50.2 Å². The van der Waals surface area contributed by atoms with Crippen LogP contribution in [0, 0.1) is 0 Å². The Balaban J connectivity index is 0.959. The zero-order valence-corrected chi connectivity index (χ0v) is 33.9. The van der Waals surface area contributed by atoms with E-state index in [1.807, 2.05) is 0 Å². The van der Waals surface area contributed by atoms with E-state index in [4.69, 9.17) is 9.73 Å². The third-order valence-corrected chi connectivity index (χ3v) is 12.8. The van der Waals surface area contributed by atoms with Crippen LogP contribution >= 0.6 is 0 Å². The van der Waals surface area contributed by atoms with Gasteiger partial charge in [0.15, 0.2) is 0 Å². The largest absolute Gasteiger partial charge is 0.457 e. The summed E-state index contributed by atoms with van der Waals surface area (Å²) < 4.78 is 6.87. The molecule has 3 nitrogen and oxygen atoms in total. The predicted octanol–water partition coefficient (Wildman–Crippen LogP) is 14.3. The Morgan fingerprint density at radius 2 is 0.871 bits per heavy atom. The summed E-state index contributed by atoms with van der Waals surface area (Å²) in [7, 11) is 0. The maximum absolute atomic E-state index is 6.87. The van der Waals surface area contributed by atoms with E-state index in [0.717, 1.165) is 67.4 Å². The standard InChI is InChI=1S/C59H40N2O/c1-3-16-39(17-4-1)41-20-13-23-45(34-41)54-38-55(61-58(60-54)47-25-15-21-42(36-47)40-18-5-2-6-19-40)46-24-14-22-43(35-46)44-32-33-53-57(37-44)62-56-31-12-11-30-52(56)59(53)50-28-9-7-26-48(50)49-27-8-10-29-51(49)59/h1-38,58,61H. The van der Waals surface area contributed by atoms with Crippen LogP contribution in [0.1, 0.15) is 45.1 Å². The Kier molecular flexibility index (Phi) is 8.46. The fraction of sp³-hybridized carbons (Fsp3) is 0.0339. The summed E-state index contributed by atoms with van der Waals surface area (Å²) in [6.07, 6.45) is 1.90. The van der Waals surface area contributed by atoms with Crippen molar-refractivity contribution < 1.29 is 4.74 Å². The van der Waals surface area contributed by atoms with Crippen molar-refractivity contribution in [3.8, 4) is 56.0 Å². The van der Waals surface area contributed by atoms with Crippen molar-refractivity contribution in [2.45, 2.75) is 11.6 Å². The second kappa shape index (κ2) is 14.6. The minimum absolute atomic E-state index is 0.303. The number of hydrogen-bond acceptors (Lipinski definition) is 3. The van der Waals surface area contributed by atoms with E-state index in [9.17, 15) is 0 Å². The number of hydrogen-bond donors (Lipinski definition) is 1. The van der Waals surface area contributed by atoms with Crippen molar-refractivity contribution >= 4 is 11.4 Å². The number of allylic oxidation sites excluding steroid dienone is 1. The van der Waals surface area contributed by atoms with E-state index in [-0.39, 0.29) is 6.17 Å². The summed E-state index contributed by atoms with van der Waals surface area (Å²) in [6.45, 7) is 0. The molecule has 0 aromatic heterocycles. The average molecular weight is 793 g/mol. The van der Waals surface area contributed by atoms with Gasteiger partial charge >= 0.3 is 0 Å². The van der Waals surface area contributed by atoms with Gasteiger partial charge in [-0.1, -0.05) is 194 Å². The monoisotopic (exact) mass is 792 g/mol. The number of nitrogens with zero attached hydrogens (tertiary/aromatic N) is 1. The van der Waals surface area contributed by atoms with Gasteiger partial charge in [0.25, 0.3) is 0 Å². The van der Waals surface area contributed by atoms with Gasteiger partial charge in [0.05, 0.1) is 11.1 Å². The zero-order chi connectivity index (χ0) is 41.0. The molecule has 292 valence electrons. The van der Waals surface area contributed by atoms with Gasteiger partial charge in [-0.05, 0) is 103 Å². The van der Waals surface area contributed by atoms with E-state index in [2.05, 4.69) is 236 Å². The molecule has 2 heterocycles. The van der Waals surface area contributed by atoms with E-state index >= 15 is 0 Å². The molecule has 1 aliphatic carbocycles. The molecule has 0 radical (unpaired) electrons. The van der Waals surface area contributed by atoms with Gasteiger partial charge in [-0.15, -0.1) is 0 Å². The normalized spacial score (nSPS) is 15.2. The van der Waals surface area contributed by atoms with Gasteiger partial charge in [0, 0.05) is 22.4 Å². The fourth-order valence-corrected chi connectivity index (χ4v) is 9.93. The maximum Gasteiger partial charge on any atom is 0.145 e. The SMILES string of the molecule is C1=C(c2cccc(-c3ccc4c(c3)Oc3ccccc3C43c4ccccc4-c4ccccc43)c2)NC(c2cccc(-c3ccccc3)c2)N=C1c1cccc(-c2ccccc2)c1. The summed E-state index contributed by atoms with van der Waals surface area (Å²) in [4.78, 5) is 5.39. The van der Waals surface area contributed by atoms with E-state index in [1.165, 1.54) is 38.9 Å². The Hall–Kier alpha value is -8.01. The van der Waals surface area contributed by atoms with Crippen molar-refractivity contribution in [1.82, 2.24) is 5.32 Å². The molecular weight excluding hydrogens is 753 g/mol. The summed E-state index contributed by atoms with van der Waals surface area (Å²) in [5.74, 6) is 1.76. The first kappa shape index (κ1) is 35.9. The average Bonchev–Trinajstić information content (AvgIpc) is 3.65. The third-order valence-electron chi connectivity index (χ3n) is 12.8. The highest BCUT2D eigenvalue weighted by Gasteiger charge is 2.50. The number of aliphatic imine (C=N–C) groups is 1.